The molecule has 0 aliphatic carbocycles. The van der Waals surface area contributed by atoms with Crippen LogP contribution in [0.2, 0.25) is 0 Å². The van der Waals surface area contributed by atoms with Crippen LogP contribution < -0.4 is 14.8 Å². The van der Waals surface area contributed by atoms with Crippen molar-refractivity contribution in [3.8, 4) is 11.5 Å². The van der Waals surface area contributed by atoms with Gasteiger partial charge < -0.3 is 19.5 Å². The molecule has 1 N–H and O–H groups in total. The number of hydrogen-bond acceptors (Lipinski definition) is 6. The third-order valence-corrected chi connectivity index (χ3v) is 5.07. The van der Waals surface area contributed by atoms with Gasteiger partial charge in [0.25, 0.3) is 5.91 Å². The molecule has 1 aliphatic heterocycles. The second-order valence-corrected chi connectivity index (χ2v) is 7.24. The van der Waals surface area contributed by atoms with Crippen LogP contribution in [0.25, 0.3) is 0 Å². The number of hydrogen-bond donors (Lipinski definition) is 1. The SMILES string of the molecule is CCCc1cc(C(=O)OCC(=O)NCc2ccc3c(c2)OCO3)sc1C. The molecule has 1 aromatic carbocycles. The van der Waals surface area contributed by atoms with Crippen molar-refractivity contribution >= 4 is 23.2 Å². The predicted octanol–water partition coefficient (Wildman–Crippen LogP) is 3.21. The molecule has 0 atom stereocenters. The van der Waals surface area contributed by atoms with Crippen LogP contribution in [0.1, 0.15) is 39.0 Å². The van der Waals surface area contributed by atoms with E-state index in [2.05, 4.69) is 12.2 Å². The summed E-state index contributed by atoms with van der Waals surface area (Å²) >= 11 is 1.40. The Morgan fingerprint density at radius 3 is 2.85 bits per heavy atom. The summed E-state index contributed by atoms with van der Waals surface area (Å²) in [6, 6.07) is 7.33. The van der Waals surface area contributed by atoms with Crippen LogP contribution in [-0.2, 0) is 22.5 Å². The number of carbonyl (C=O) groups excluding carboxylic acids is 2. The van der Waals surface area contributed by atoms with Crippen molar-refractivity contribution in [1.82, 2.24) is 5.32 Å². The Morgan fingerprint density at radius 2 is 2.04 bits per heavy atom. The first-order valence-electron chi connectivity index (χ1n) is 8.48. The van der Waals surface area contributed by atoms with Crippen molar-refractivity contribution in [3.63, 3.8) is 0 Å². The molecule has 6 nitrogen and oxygen atoms in total. The molecule has 3 rings (SSSR count). The molecule has 7 heteroatoms. The molecule has 1 amide bonds. The topological polar surface area (TPSA) is 73.9 Å². The number of thiophene rings is 1. The van der Waals surface area contributed by atoms with Gasteiger partial charge in [0, 0.05) is 11.4 Å². The van der Waals surface area contributed by atoms with Crippen molar-refractivity contribution in [2.75, 3.05) is 13.4 Å². The lowest BCUT2D eigenvalue weighted by molar-refractivity contribution is -0.124. The van der Waals surface area contributed by atoms with Gasteiger partial charge in [-0.2, -0.15) is 0 Å². The number of aryl methyl sites for hydroxylation is 2. The van der Waals surface area contributed by atoms with Gasteiger partial charge in [-0.3, -0.25) is 4.79 Å². The molecule has 2 aromatic rings. The normalized spacial score (nSPS) is 12.1. The average molecular weight is 375 g/mol. The smallest absolute Gasteiger partial charge is 0.348 e. The summed E-state index contributed by atoms with van der Waals surface area (Å²) in [7, 11) is 0. The summed E-state index contributed by atoms with van der Waals surface area (Å²) in [6.07, 6.45) is 1.96. The molecular weight excluding hydrogens is 354 g/mol. The number of ether oxygens (including phenoxy) is 3. The van der Waals surface area contributed by atoms with Crippen LogP contribution in [0, 0.1) is 6.92 Å². The van der Waals surface area contributed by atoms with Crippen LogP contribution in [0.4, 0.5) is 0 Å². The first-order valence-corrected chi connectivity index (χ1v) is 9.30. The molecule has 0 saturated heterocycles. The molecule has 1 aromatic heterocycles. The van der Waals surface area contributed by atoms with E-state index in [0.29, 0.717) is 22.9 Å². The van der Waals surface area contributed by atoms with Crippen LogP contribution in [0.5, 0.6) is 11.5 Å². The van der Waals surface area contributed by atoms with Crippen LogP contribution in [0.15, 0.2) is 24.3 Å². The Morgan fingerprint density at radius 1 is 1.23 bits per heavy atom. The van der Waals surface area contributed by atoms with E-state index >= 15 is 0 Å². The fourth-order valence-electron chi connectivity index (χ4n) is 2.64. The van der Waals surface area contributed by atoms with Gasteiger partial charge in [-0.25, -0.2) is 4.79 Å². The molecule has 0 fully saturated rings. The number of nitrogens with one attached hydrogen (secondary N) is 1. The lowest BCUT2D eigenvalue weighted by Crippen LogP contribution is -2.28. The quantitative estimate of drug-likeness (QED) is 0.752. The Bertz CT molecular complexity index is 814. The molecule has 2 heterocycles. The van der Waals surface area contributed by atoms with Crippen LogP contribution >= 0.6 is 11.3 Å². The van der Waals surface area contributed by atoms with Gasteiger partial charge in [0.05, 0.1) is 0 Å². The van der Waals surface area contributed by atoms with Crippen molar-refractivity contribution in [3.05, 3.63) is 45.1 Å². The molecular formula is C19H21NO5S. The summed E-state index contributed by atoms with van der Waals surface area (Å²) in [5.74, 6) is 0.554. The van der Waals surface area contributed by atoms with E-state index < -0.39 is 5.97 Å². The van der Waals surface area contributed by atoms with Gasteiger partial charge in [0.15, 0.2) is 18.1 Å². The fraction of sp³-hybridized carbons (Fsp3) is 0.368. The summed E-state index contributed by atoms with van der Waals surface area (Å²) in [5, 5.41) is 2.72. The van der Waals surface area contributed by atoms with Crippen molar-refractivity contribution in [2.24, 2.45) is 0 Å². The number of rotatable bonds is 7. The highest BCUT2D eigenvalue weighted by atomic mass is 32.1. The van der Waals surface area contributed by atoms with E-state index in [9.17, 15) is 9.59 Å². The first kappa shape index (κ1) is 18.3. The molecule has 0 radical (unpaired) electrons. The van der Waals surface area contributed by atoms with Gasteiger partial charge in [-0.1, -0.05) is 19.4 Å². The van der Waals surface area contributed by atoms with Gasteiger partial charge in [0.2, 0.25) is 6.79 Å². The Labute approximate surface area is 156 Å². The molecule has 0 unspecified atom stereocenters. The summed E-state index contributed by atoms with van der Waals surface area (Å²) in [5.41, 5.74) is 2.05. The number of esters is 1. The summed E-state index contributed by atoms with van der Waals surface area (Å²) < 4.78 is 15.7. The summed E-state index contributed by atoms with van der Waals surface area (Å²) in [6.45, 7) is 4.32. The van der Waals surface area contributed by atoms with Crippen molar-refractivity contribution < 1.29 is 23.8 Å². The zero-order valence-corrected chi connectivity index (χ0v) is 15.6. The number of amides is 1. The minimum atomic E-state index is -0.460. The van der Waals surface area contributed by atoms with Crippen LogP contribution in [-0.4, -0.2) is 25.3 Å². The predicted molar refractivity (Wildman–Crippen MR) is 97.7 cm³/mol. The third-order valence-electron chi connectivity index (χ3n) is 4.00. The minimum absolute atomic E-state index is 0.212. The highest BCUT2D eigenvalue weighted by Gasteiger charge is 2.16. The van der Waals surface area contributed by atoms with Crippen molar-refractivity contribution in [2.45, 2.75) is 33.2 Å². The van der Waals surface area contributed by atoms with Crippen LogP contribution in [0.3, 0.4) is 0 Å². The van der Waals surface area contributed by atoms with E-state index in [0.717, 1.165) is 28.8 Å². The largest absolute Gasteiger partial charge is 0.454 e. The number of carbonyl (C=O) groups is 2. The molecule has 138 valence electrons. The second kappa shape index (κ2) is 8.23. The van der Waals surface area contributed by atoms with E-state index in [1.54, 1.807) is 6.07 Å². The summed E-state index contributed by atoms with van der Waals surface area (Å²) in [4.78, 5) is 25.7. The highest BCUT2D eigenvalue weighted by Crippen LogP contribution is 2.32. The van der Waals surface area contributed by atoms with Gasteiger partial charge in [0.1, 0.15) is 4.88 Å². The standard InChI is InChI=1S/C19H21NO5S/c1-3-4-14-8-17(26-12(14)2)19(22)23-10-18(21)20-9-13-5-6-15-16(7-13)25-11-24-15/h5-8H,3-4,9-11H2,1-2H3,(H,20,21). The maximum absolute atomic E-state index is 12.1. The van der Waals surface area contributed by atoms with Crippen molar-refractivity contribution in [1.29, 1.82) is 0 Å². The molecule has 1 aliphatic rings. The lowest BCUT2D eigenvalue weighted by atomic mass is 10.1. The lowest BCUT2D eigenvalue weighted by Gasteiger charge is -2.07. The molecule has 0 saturated carbocycles. The zero-order chi connectivity index (χ0) is 18.5. The molecule has 26 heavy (non-hydrogen) atoms. The third kappa shape index (κ3) is 4.35. The number of fused-ring (bicyclic) bond motifs is 1. The van der Waals surface area contributed by atoms with Gasteiger partial charge in [-0.15, -0.1) is 11.3 Å². The van der Waals surface area contributed by atoms with E-state index in [1.165, 1.54) is 11.3 Å². The monoisotopic (exact) mass is 375 g/mol. The molecule has 0 spiro atoms. The second-order valence-electron chi connectivity index (χ2n) is 5.98. The van der Waals surface area contributed by atoms with E-state index in [-0.39, 0.29) is 19.3 Å². The zero-order valence-electron chi connectivity index (χ0n) is 14.8. The molecule has 0 bridgehead atoms. The Kier molecular flexibility index (Phi) is 5.78. The average Bonchev–Trinajstić information content (AvgIpc) is 3.24. The number of benzene rings is 1. The maximum Gasteiger partial charge on any atom is 0.348 e. The van der Waals surface area contributed by atoms with Gasteiger partial charge >= 0.3 is 5.97 Å². The van der Waals surface area contributed by atoms with E-state index in [1.807, 2.05) is 25.1 Å². The maximum atomic E-state index is 12.1. The first-order chi connectivity index (χ1) is 12.6. The minimum Gasteiger partial charge on any atom is -0.454 e. The highest BCUT2D eigenvalue weighted by molar-refractivity contribution is 7.14. The van der Waals surface area contributed by atoms with E-state index in [4.69, 9.17) is 14.2 Å². The Hall–Kier alpha value is -2.54. The Balaban J connectivity index is 1.46. The van der Waals surface area contributed by atoms with Gasteiger partial charge in [-0.05, 0) is 42.7 Å². The fourth-order valence-corrected chi connectivity index (χ4v) is 3.61.